The summed E-state index contributed by atoms with van der Waals surface area (Å²) in [6.45, 7) is 7.65. The lowest BCUT2D eigenvalue weighted by molar-refractivity contribution is -0.140. The molecule has 0 aliphatic carbocycles. The molecule has 0 saturated carbocycles. The maximum absolute atomic E-state index is 11.7. The second-order valence-corrected chi connectivity index (χ2v) is 4.98. The van der Waals surface area contributed by atoms with Gasteiger partial charge in [0.05, 0.1) is 5.60 Å². The largest absolute Gasteiger partial charge is 0.363 e. The molecule has 2 amide bonds. The van der Waals surface area contributed by atoms with Crippen molar-refractivity contribution in [1.29, 1.82) is 0 Å². The second-order valence-electron chi connectivity index (χ2n) is 4.98. The van der Waals surface area contributed by atoms with Gasteiger partial charge in [0, 0.05) is 26.7 Å². The van der Waals surface area contributed by atoms with Gasteiger partial charge in [-0.15, -0.1) is 0 Å². The second kappa shape index (κ2) is 6.15. The lowest BCUT2D eigenvalue weighted by Crippen LogP contribution is -2.60. The number of carbonyl (C=O) groups excluding carboxylic acids is 2. The Kier molecular flexibility index (Phi) is 5.10. The molecule has 0 bridgehead atoms. The van der Waals surface area contributed by atoms with Gasteiger partial charge in [0.15, 0.2) is 0 Å². The van der Waals surface area contributed by atoms with Crippen molar-refractivity contribution in [1.82, 2.24) is 15.5 Å². The van der Waals surface area contributed by atoms with Crippen LogP contribution in [-0.2, 0) is 14.3 Å². The van der Waals surface area contributed by atoms with Crippen LogP contribution in [0.3, 0.4) is 0 Å². The van der Waals surface area contributed by atoms with E-state index in [2.05, 4.69) is 10.6 Å². The summed E-state index contributed by atoms with van der Waals surface area (Å²) in [5.41, 5.74) is -0.245. The zero-order valence-electron chi connectivity index (χ0n) is 11.6. The molecule has 1 fully saturated rings. The van der Waals surface area contributed by atoms with Gasteiger partial charge in [0.1, 0.15) is 12.6 Å². The van der Waals surface area contributed by atoms with Gasteiger partial charge in [-0.1, -0.05) is 0 Å². The third kappa shape index (κ3) is 3.96. The number of hydrogen-bond donors (Lipinski definition) is 2. The minimum absolute atomic E-state index is 0.00829. The number of nitrogens with one attached hydrogen (secondary N) is 2. The summed E-state index contributed by atoms with van der Waals surface area (Å²) < 4.78 is 5.50. The molecule has 6 nitrogen and oxygen atoms in total. The van der Waals surface area contributed by atoms with Gasteiger partial charge >= 0.3 is 0 Å². The van der Waals surface area contributed by atoms with Gasteiger partial charge < -0.3 is 20.3 Å². The van der Waals surface area contributed by atoms with Crippen LogP contribution >= 0.6 is 0 Å². The smallest absolute Gasteiger partial charge is 0.246 e. The van der Waals surface area contributed by atoms with Crippen molar-refractivity contribution < 1.29 is 14.3 Å². The van der Waals surface area contributed by atoms with E-state index in [4.69, 9.17) is 4.74 Å². The zero-order valence-corrected chi connectivity index (χ0v) is 11.6. The fourth-order valence-electron chi connectivity index (χ4n) is 1.65. The molecule has 1 rings (SSSR count). The Balaban J connectivity index is 2.28. The highest BCUT2D eigenvalue weighted by atomic mass is 16.5. The summed E-state index contributed by atoms with van der Waals surface area (Å²) in [6, 6.07) is -0.515. The predicted molar refractivity (Wildman–Crippen MR) is 68.1 cm³/mol. The van der Waals surface area contributed by atoms with E-state index in [1.807, 2.05) is 13.8 Å². The highest BCUT2D eigenvalue weighted by Crippen LogP contribution is 2.14. The highest BCUT2D eigenvalue weighted by Gasteiger charge is 2.33. The zero-order chi connectivity index (χ0) is 13.8. The minimum Gasteiger partial charge on any atom is -0.363 e. The molecule has 1 heterocycles. The van der Waals surface area contributed by atoms with Crippen molar-refractivity contribution in [2.75, 3.05) is 33.3 Å². The quantitative estimate of drug-likeness (QED) is 0.663. The van der Waals surface area contributed by atoms with Crippen molar-refractivity contribution in [3.05, 3.63) is 0 Å². The number of amides is 2. The molecular formula is C12H23N3O3. The molecule has 0 spiro atoms. The summed E-state index contributed by atoms with van der Waals surface area (Å²) in [5.74, 6) is -0.351. The van der Waals surface area contributed by atoms with Crippen LogP contribution in [0.5, 0.6) is 0 Å². The van der Waals surface area contributed by atoms with Gasteiger partial charge in [-0.3, -0.25) is 9.59 Å². The number of carbonyl (C=O) groups is 2. The third-order valence-electron chi connectivity index (χ3n) is 3.15. The van der Waals surface area contributed by atoms with Gasteiger partial charge in [-0.05, 0) is 20.8 Å². The monoisotopic (exact) mass is 257 g/mol. The van der Waals surface area contributed by atoms with Gasteiger partial charge in [-0.25, -0.2) is 0 Å². The Labute approximate surface area is 108 Å². The van der Waals surface area contributed by atoms with E-state index in [0.29, 0.717) is 6.54 Å². The number of ether oxygens (including phenoxy) is 1. The van der Waals surface area contributed by atoms with Crippen molar-refractivity contribution in [3.8, 4) is 0 Å². The Hall–Kier alpha value is -1.14. The number of nitrogens with zero attached hydrogens (tertiary/aromatic N) is 1. The van der Waals surface area contributed by atoms with Crippen molar-refractivity contribution in [3.63, 3.8) is 0 Å². The molecule has 1 atom stereocenters. The summed E-state index contributed by atoms with van der Waals surface area (Å²) in [4.78, 5) is 24.9. The first-order chi connectivity index (χ1) is 8.38. The predicted octanol–water partition coefficient (Wildman–Crippen LogP) is -0.652. The maximum atomic E-state index is 11.7. The molecule has 0 radical (unpaired) electrons. The highest BCUT2D eigenvalue weighted by molar-refractivity contribution is 5.87. The van der Waals surface area contributed by atoms with Crippen LogP contribution in [0.15, 0.2) is 0 Å². The van der Waals surface area contributed by atoms with E-state index in [-0.39, 0.29) is 24.0 Å². The van der Waals surface area contributed by atoms with Crippen LogP contribution in [0.2, 0.25) is 0 Å². The van der Waals surface area contributed by atoms with E-state index in [9.17, 15) is 9.59 Å². The summed E-state index contributed by atoms with van der Waals surface area (Å²) in [7, 11) is 1.71. The first kappa shape index (κ1) is 14.9. The van der Waals surface area contributed by atoms with E-state index < -0.39 is 6.04 Å². The number of rotatable bonds is 6. The number of likely N-dealkylation sites (N-methyl/N-ethyl adjacent to an activating group) is 1. The standard InChI is InChI=1S/C12H23N3O3/c1-5-15(4)11(17)9(2)14-10(16)6-18-12(3)7-13-8-12/h9,13H,5-8H2,1-4H3,(H,14,16). The van der Waals surface area contributed by atoms with Crippen LogP contribution in [0.1, 0.15) is 20.8 Å². The summed E-state index contributed by atoms with van der Waals surface area (Å²) in [6.07, 6.45) is 0. The summed E-state index contributed by atoms with van der Waals surface area (Å²) in [5, 5.41) is 5.73. The molecule has 0 aromatic rings. The van der Waals surface area contributed by atoms with Crippen molar-refractivity contribution >= 4 is 11.8 Å². The van der Waals surface area contributed by atoms with Crippen LogP contribution in [-0.4, -0.2) is 61.6 Å². The van der Waals surface area contributed by atoms with Crippen LogP contribution in [0, 0.1) is 0 Å². The normalized spacial score (nSPS) is 18.7. The fourth-order valence-corrected chi connectivity index (χ4v) is 1.65. The molecule has 0 aromatic heterocycles. The first-order valence-electron chi connectivity index (χ1n) is 6.27. The molecule has 1 aliphatic heterocycles. The van der Waals surface area contributed by atoms with Crippen LogP contribution < -0.4 is 10.6 Å². The maximum Gasteiger partial charge on any atom is 0.246 e. The molecule has 6 heteroatoms. The molecule has 0 aromatic carbocycles. The SMILES string of the molecule is CCN(C)C(=O)C(C)NC(=O)COC1(C)CNC1. The van der Waals surface area contributed by atoms with E-state index in [1.165, 1.54) is 0 Å². The molecule has 18 heavy (non-hydrogen) atoms. The molecule has 1 saturated heterocycles. The molecule has 1 aliphatic rings. The topological polar surface area (TPSA) is 70.7 Å². The molecule has 2 N–H and O–H groups in total. The van der Waals surface area contributed by atoms with E-state index in [1.54, 1.807) is 18.9 Å². The average Bonchev–Trinajstić information content (AvgIpc) is 2.31. The van der Waals surface area contributed by atoms with Crippen molar-refractivity contribution in [2.24, 2.45) is 0 Å². The molecular weight excluding hydrogens is 234 g/mol. The Morgan fingerprint density at radius 3 is 2.56 bits per heavy atom. The first-order valence-corrected chi connectivity index (χ1v) is 6.27. The van der Waals surface area contributed by atoms with Gasteiger partial charge in [0.2, 0.25) is 11.8 Å². The Morgan fingerprint density at radius 2 is 2.11 bits per heavy atom. The molecule has 104 valence electrons. The minimum atomic E-state index is -0.515. The van der Waals surface area contributed by atoms with Crippen LogP contribution in [0.4, 0.5) is 0 Å². The lowest BCUT2D eigenvalue weighted by Gasteiger charge is -2.38. The number of hydrogen-bond acceptors (Lipinski definition) is 4. The third-order valence-corrected chi connectivity index (χ3v) is 3.15. The average molecular weight is 257 g/mol. The van der Waals surface area contributed by atoms with E-state index in [0.717, 1.165) is 13.1 Å². The van der Waals surface area contributed by atoms with Crippen molar-refractivity contribution in [2.45, 2.75) is 32.4 Å². The Bertz CT molecular complexity index is 316. The van der Waals surface area contributed by atoms with Gasteiger partial charge in [-0.2, -0.15) is 0 Å². The summed E-state index contributed by atoms with van der Waals surface area (Å²) >= 11 is 0. The Morgan fingerprint density at radius 1 is 1.50 bits per heavy atom. The lowest BCUT2D eigenvalue weighted by atomic mass is 10.0. The fraction of sp³-hybridized carbons (Fsp3) is 0.833. The van der Waals surface area contributed by atoms with Gasteiger partial charge in [0.25, 0.3) is 0 Å². The van der Waals surface area contributed by atoms with Crippen LogP contribution in [0.25, 0.3) is 0 Å². The molecule has 1 unspecified atom stereocenters. The van der Waals surface area contributed by atoms with E-state index >= 15 is 0 Å².